The summed E-state index contributed by atoms with van der Waals surface area (Å²) in [7, 11) is 0. The van der Waals surface area contributed by atoms with Crippen molar-refractivity contribution in [1.82, 2.24) is 5.32 Å². The zero-order chi connectivity index (χ0) is 15.0. The topological polar surface area (TPSA) is 107 Å². The molecule has 0 bridgehead atoms. The molecule has 1 aromatic rings. The maximum atomic E-state index is 11.9. The fourth-order valence-electron chi connectivity index (χ4n) is 1.61. The van der Waals surface area contributed by atoms with Crippen LogP contribution in [-0.4, -0.2) is 30.6 Å². The van der Waals surface area contributed by atoms with Gasteiger partial charge in [-0.15, -0.1) is 0 Å². The van der Waals surface area contributed by atoms with Gasteiger partial charge >= 0.3 is 0 Å². The number of nitro benzene ring substituents is 1. The van der Waals surface area contributed by atoms with Crippen molar-refractivity contribution in [3.8, 4) is 0 Å². The molecule has 7 nitrogen and oxygen atoms in total. The third-order valence-corrected chi connectivity index (χ3v) is 2.56. The number of carbonyl (C=O) groups excluding carboxylic acids is 1. The Kier molecular flexibility index (Phi) is 6.45. The van der Waals surface area contributed by atoms with Gasteiger partial charge in [-0.05, 0) is 25.0 Å². The monoisotopic (exact) mass is 281 g/mol. The average molecular weight is 281 g/mol. The Hall–Kier alpha value is -2.15. The van der Waals surface area contributed by atoms with Crippen LogP contribution in [0.5, 0.6) is 0 Å². The number of nitrogen functional groups attached to an aromatic ring is 1. The minimum Gasteiger partial charge on any atom is -0.399 e. The molecule has 0 unspecified atom stereocenters. The maximum Gasteiger partial charge on any atom is 0.282 e. The number of anilines is 1. The molecule has 0 aliphatic heterocycles. The minimum absolute atomic E-state index is 0.0236. The van der Waals surface area contributed by atoms with Gasteiger partial charge < -0.3 is 15.8 Å². The third kappa shape index (κ3) is 4.85. The average Bonchev–Trinajstić information content (AvgIpc) is 2.42. The van der Waals surface area contributed by atoms with Crippen LogP contribution in [0.15, 0.2) is 18.2 Å². The van der Waals surface area contributed by atoms with E-state index in [1.807, 2.05) is 6.92 Å². The largest absolute Gasteiger partial charge is 0.399 e. The molecule has 7 heteroatoms. The number of nitrogens with zero attached hydrogens (tertiary/aromatic N) is 1. The van der Waals surface area contributed by atoms with Gasteiger partial charge in [-0.2, -0.15) is 0 Å². The number of benzene rings is 1. The van der Waals surface area contributed by atoms with Crippen LogP contribution in [0.2, 0.25) is 0 Å². The van der Waals surface area contributed by atoms with E-state index < -0.39 is 10.8 Å². The van der Waals surface area contributed by atoms with Crippen LogP contribution in [0.3, 0.4) is 0 Å². The highest BCUT2D eigenvalue weighted by Crippen LogP contribution is 2.20. The zero-order valence-electron chi connectivity index (χ0n) is 11.4. The highest BCUT2D eigenvalue weighted by Gasteiger charge is 2.19. The number of hydrogen-bond donors (Lipinski definition) is 2. The first-order chi connectivity index (χ1) is 9.56. The van der Waals surface area contributed by atoms with Crippen LogP contribution in [0, 0.1) is 10.1 Å². The lowest BCUT2D eigenvalue weighted by atomic mass is 10.1. The summed E-state index contributed by atoms with van der Waals surface area (Å²) in [4.78, 5) is 22.2. The fraction of sp³-hybridized carbons (Fsp3) is 0.462. The molecule has 0 spiro atoms. The lowest BCUT2D eigenvalue weighted by molar-refractivity contribution is -0.385. The first-order valence-electron chi connectivity index (χ1n) is 6.46. The van der Waals surface area contributed by atoms with Crippen molar-refractivity contribution in [3.63, 3.8) is 0 Å². The molecule has 0 aromatic heterocycles. The van der Waals surface area contributed by atoms with Gasteiger partial charge in [0.2, 0.25) is 0 Å². The quantitative estimate of drug-likeness (QED) is 0.326. The van der Waals surface area contributed by atoms with Crippen molar-refractivity contribution in [2.45, 2.75) is 19.8 Å². The first-order valence-corrected chi connectivity index (χ1v) is 6.46. The Balaban J connectivity index is 2.54. The molecule has 20 heavy (non-hydrogen) atoms. The summed E-state index contributed by atoms with van der Waals surface area (Å²) in [5.74, 6) is -0.500. The molecular formula is C13H19N3O4. The molecule has 0 radical (unpaired) electrons. The summed E-state index contributed by atoms with van der Waals surface area (Å²) >= 11 is 0. The number of carbonyl (C=O) groups is 1. The molecule has 0 saturated heterocycles. The minimum atomic E-state index is -0.598. The van der Waals surface area contributed by atoms with Crippen molar-refractivity contribution >= 4 is 17.3 Å². The predicted octanol–water partition coefficient (Wildman–Crippen LogP) is 1.72. The molecule has 0 heterocycles. The van der Waals surface area contributed by atoms with Gasteiger partial charge in [0.05, 0.1) is 4.92 Å². The molecule has 0 aliphatic rings. The zero-order valence-corrected chi connectivity index (χ0v) is 11.4. The number of nitrogens with two attached hydrogens (primary N) is 1. The molecule has 1 rings (SSSR count). The van der Waals surface area contributed by atoms with E-state index in [4.69, 9.17) is 10.5 Å². The third-order valence-electron chi connectivity index (χ3n) is 2.56. The van der Waals surface area contributed by atoms with Crippen LogP contribution in [0.4, 0.5) is 11.4 Å². The number of amides is 1. The predicted molar refractivity (Wildman–Crippen MR) is 75.6 cm³/mol. The number of nitrogens with one attached hydrogen (secondary N) is 1. The van der Waals surface area contributed by atoms with Crippen LogP contribution in [0.1, 0.15) is 30.1 Å². The van der Waals surface area contributed by atoms with E-state index >= 15 is 0 Å². The SMILES string of the molecule is CCCOCCCNC(=O)c1cc(N)ccc1[N+](=O)[O-]. The van der Waals surface area contributed by atoms with Crippen LogP contribution in [0.25, 0.3) is 0 Å². The molecule has 1 amide bonds. The first kappa shape index (κ1) is 15.9. The van der Waals surface area contributed by atoms with Gasteiger partial charge in [0.1, 0.15) is 5.56 Å². The summed E-state index contributed by atoms with van der Waals surface area (Å²) in [6, 6.07) is 3.93. The second-order valence-electron chi connectivity index (χ2n) is 4.26. The standard InChI is InChI=1S/C13H19N3O4/c1-2-7-20-8-3-6-15-13(17)11-9-10(14)4-5-12(11)16(18)19/h4-5,9H,2-3,6-8,14H2,1H3,(H,15,17). The molecule has 0 atom stereocenters. The Morgan fingerprint density at radius 3 is 2.85 bits per heavy atom. The molecule has 3 N–H and O–H groups in total. The fourth-order valence-corrected chi connectivity index (χ4v) is 1.61. The molecule has 110 valence electrons. The molecule has 0 fully saturated rings. The van der Waals surface area contributed by atoms with Gasteiger partial charge in [-0.25, -0.2) is 0 Å². The van der Waals surface area contributed by atoms with Crippen molar-refractivity contribution < 1.29 is 14.5 Å². The van der Waals surface area contributed by atoms with E-state index in [1.54, 1.807) is 0 Å². The van der Waals surface area contributed by atoms with Crippen molar-refractivity contribution in [1.29, 1.82) is 0 Å². The summed E-state index contributed by atoms with van der Waals surface area (Å²) < 4.78 is 5.27. The summed E-state index contributed by atoms with van der Waals surface area (Å²) in [5, 5.41) is 13.5. The number of hydrogen-bond acceptors (Lipinski definition) is 5. The smallest absolute Gasteiger partial charge is 0.282 e. The molecular weight excluding hydrogens is 262 g/mol. The second kappa shape index (κ2) is 8.11. The van der Waals surface area contributed by atoms with Crippen LogP contribution < -0.4 is 11.1 Å². The Morgan fingerprint density at radius 2 is 2.20 bits per heavy atom. The normalized spacial score (nSPS) is 10.2. The molecule has 1 aromatic carbocycles. The Labute approximate surface area is 117 Å². The summed E-state index contributed by atoms with van der Waals surface area (Å²) in [5.41, 5.74) is 5.59. The Morgan fingerprint density at radius 1 is 1.45 bits per heavy atom. The number of rotatable bonds is 8. The van der Waals surface area contributed by atoms with Crippen LogP contribution in [-0.2, 0) is 4.74 Å². The van der Waals surface area contributed by atoms with Crippen LogP contribution >= 0.6 is 0 Å². The molecule has 0 saturated carbocycles. The van der Waals surface area contributed by atoms with E-state index in [2.05, 4.69) is 5.32 Å². The number of nitro groups is 1. The van der Waals surface area contributed by atoms with Crippen molar-refractivity contribution in [2.24, 2.45) is 0 Å². The van der Waals surface area contributed by atoms with E-state index in [9.17, 15) is 14.9 Å². The number of ether oxygens (including phenoxy) is 1. The van der Waals surface area contributed by atoms with Gasteiger partial charge in [0.25, 0.3) is 11.6 Å². The highest BCUT2D eigenvalue weighted by atomic mass is 16.6. The highest BCUT2D eigenvalue weighted by molar-refractivity contribution is 5.99. The summed E-state index contributed by atoms with van der Waals surface area (Å²) in [6.07, 6.45) is 1.60. The van der Waals surface area contributed by atoms with Gasteiger partial charge in [-0.3, -0.25) is 14.9 Å². The van der Waals surface area contributed by atoms with Gasteiger partial charge in [-0.1, -0.05) is 6.92 Å². The lowest BCUT2D eigenvalue weighted by Crippen LogP contribution is -2.26. The lowest BCUT2D eigenvalue weighted by Gasteiger charge is -2.07. The van der Waals surface area contributed by atoms with E-state index in [1.165, 1.54) is 18.2 Å². The maximum absolute atomic E-state index is 11.9. The Bertz CT molecular complexity index is 477. The second-order valence-corrected chi connectivity index (χ2v) is 4.26. The van der Waals surface area contributed by atoms with Crippen molar-refractivity contribution in [2.75, 3.05) is 25.5 Å². The molecule has 0 aliphatic carbocycles. The van der Waals surface area contributed by atoms with E-state index in [-0.39, 0.29) is 11.3 Å². The summed E-state index contributed by atoms with van der Waals surface area (Å²) in [6.45, 7) is 3.65. The van der Waals surface area contributed by atoms with E-state index in [0.29, 0.717) is 31.9 Å². The van der Waals surface area contributed by atoms with Gasteiger partial charge in [0.15, 0.2) is 0 Å². The van der Waals surface area contributed by atoms with Gasteiger partial charge in [0, 0.05) is 31.5 Å². The van der Waals surface area contributed by atoms with E-state index in [0.717, 1.165) is 6.42 Å². The van der Waals surface area contributed by atoms with Crippen molar-refractivity contribution in [3.05, 3.63) is 33.9 Å².